The smallest absolute Gasteiger partial charge is 0.338 e. The Morgan fingerprint density at radius 2 is 1.88 bits per heavy atom. The number of alkyl halides is 3. The van der Waals surface area contributed by atoms with Gasteiger partial charge in [-0.1, -0.05) is 46.6 Å². The Morgan fingerprint density at radius 3 is 2.55 bits per heavy atom. The fraction of sp³-hybridized carbons (Fsp3) is 0.348. The molecular weight excluding hydrogens is 457 g/mol. The van der Waals surface area contributed by atoms with Gasteiger partial charge in [0.15, 0.2) is 0 Å². The summed E-state index contributed by atoms with van der Waals surface area (Å²) in [6.45, 7) is 3.74. The number of benzene rings is 2. The molecule has 1 amide bonds. The van der Waals surface area contributed by atoms with Crippen LogP contribution >= 0.6 is 11.6 Å². The molecule has 2 aromatic carbocycles. The lowest BCUT2D eigenvalue weighted by Crippen LogP contribution is -2.37. The highest BCUT2D eigenvalue weighted by atomic mass is 35.5. The lowest BCUT2D eigenvalue weighted by Gasteiger charge is -2.30. The van der Waals surface area contributed by atoms with E-state index in [2.05, 4.69) is 20.4 Å². The Bertz CT molecular complexity index is 1120. The van der Waals surface area contributed by atoms with E-state index >= 15 is 0 Å². The number of aromatic nitrogens is 2. The quantitative estimate of drug-likeness (QED) is 0.519. The summed E-state index contributed by atoms with van der Waals surface area (Å²) < 4.78 is 44.5. The van der Waals surface area contributed by atoms with Crippen molar-refractivity contribution in [3.63, 3.8) is 0 Å². The van der Waals surface area contributed by atoms with Crippen LogP contribution in [0.2, 0.25) is 5.02 Å². The predicted octanol–water partition coefficient (Wildman–Crippen LogP) is 5.57. The van der Waals surface area contributed by atoms with Gasteiger partial charge < -0.3 is 9.84 Å². The number of likely N-dealkylation sites (tertiary alicyclic amines) is 1. The molecule has 2 heterocycles. The van der Waals surface area contributed by atoms with Crippen LogP contribution in [0.4, 0.5) is 18.9 Å². The summed E-state index contributed by atoms with van der Waals surface area (Å²) in [5.74, 6) is 0.427. The molecule has 1 saturated heterocycles. The first-order chi connectivity index (χ1) is 15.7. The molecule has 1 aromatic heterocycles. The molecule has 174 valence electrons. The van der Waals surface area contributed by atoms with Gasteiger partial charge in [-0.25, -0.2) is 0 Å². The normalized spacial score (nSPS) is 15.5. The minimum absolute atomic E-state index is 0.0775. The maximum Gasteiger partial charge on any atom is 0.417 e. The van der Waals surface area contributed by atoms with E-state index in [-0.39, 0.29) is 17.5 Å². The molecule has 1 aliphatic rings. The molecule has 6 nitrogen and oxygen atoms in total. The fourth-order valence-electron chi connectivity index (χ4n) is 3.75. The van der Waals surface area contributed by atoms with Crippen molar-refractivity contribution in [2.24, 2.45) is 5.92 Å². The van der Waals surface area contributed by atoms with Gasteiger partial charge in [-0.05, 0) is 51.1 Å². The van der Waals surface area contributed by atoms with Crippen molar-refractivity contribution in [2.45, 2.75) is 32.5 Å². The summed E-state index contributed by atoms with van der Waals surface area (Å²) in [6.07, 6.45) is -3.44. The number of hydrogen-bond acceptors (Lipinski definition) is 5. The van der Waals surface area contributed by atoms with E-state index in [0.717, 1.165) is 23.3 Å². The number of amides is 1. The van der Waals surface area contributed by atoms with Gasteiger partial charge in [0.1, 0.15) is 0 Å². The van der Waals surface area contributed by atoms with Crippen LogP contribution < -0.4 is 5.32 Å². The molecule has 0 atom stereocenters. The number of halogens is 4. The third-order valence-electron chi connectivity index (χ3n) is 5.63. The average Bonchev–Trinajstić information content (AvgIpc) is 3.23. The molecule has 0 saturated carbocycles. The summed E-state index contributed by atoms with van der Waals surface area (Å²) in [4.78, 5) is 19.1. The molecule has 0 aliphatic carbocycles. The van der Waals surface area contributed by atoms with E-state index in [4.69, 9.17) is 16.1 Å². The number of carbonyl (C=O) groups is 1. The molecule has 1 aliphatic heterocycles. The van der Waals surface area contributed by atoms with Crippen LogP contribution in [0, 0.1) is 12.8 Å². The second kappa shape index (κ2) is 9.52. The number of piperidine rings is 1. The first-order valence-electron chi connectivity index (χ1n) is 10.5. The minimum atomic E-state index is -4.59. The van der Waals surface area contributed by atoms with Gasteiger partial charge in [0.05, 0.1) is 17.1 Å². The van der Waals surface area contributed by atoms with Crippen molar-refractivity contribution in [2.75, 3.05) is 18.4 Å². The molecule has 10 heteroatoms. The zero-order valence-electron chi connectivity index (χ0n) is 17.8. The van der Waals surface area contributed by atoms with Gasteiger partial charge >= 0.3 is 6.18 Å². The van der Waals surface area contributed by atoms with Crippen molar-refractivity contribution in [3.05, 3.63) is 64.5 Å². The van der Waals surface area contributed by atoms with E-state index in [1.54, 1.807) is 0 Å². The van der Waals surface area contributed by atoms with Crippen LogP contribution in [0.25, 0.3) is 11.4 Å². The van der Waals surface area contributed by atoms with Crippen molar-refractivity contribution in [1.29, 1.82) is 0 Å². The Morgan fingerprint density at radius 1 is 1.18 bits per heavy atom. The van der Waals surface area contributed by atoms with Gasteiger partial charge in [0, 0.05) is 17.2 Å². The minimum Gasteiger partial charge on any atom is -0.338 e. The fourth-order valence-corrected chi connectivity index (χ4v) is 3.97. The van der Waals surface area contributed by atoms with E-state index in [9.17, 15) is 18.0 Å². The highest BCUT2D eigenvalue weighted by Crippen LogP contribution is 2.36. The largest absolute Gasteiger partial charge is 0.417 e. The maximum absolute atomic E-state index is 13.0. The first kappa shape index (κ1) is 23.3. The molecule has 0 bridgehead atoms. The summed E-state index contributed by atoms with van der Waals surface area (Å²) in [5, 5.41) is 6.22. The van der Waals surface area contributed by atoms with Crippen LogP contribution in [0.3, 0.4) is 0 Å². The van der Waals surface area contributed by atoms with E-state index in [1.807, 2.05) is 31.2 Å². The molecule has 3 aromatic rings. The van der Waals surface area contributed by atoms with Crippen LogP contribution in [0.15, 0.2) is 47.0 Å². The van der Waals surface area contributed by atoms with Crippen LogP contribution in [-0.4, -0.2) is 34.0 Å². The number of hydrogen-bond donors (Lipinski definition) is 1. The standard InChI is InChI=1S/C23H22ClF3N4O2/c1-14-2-4-15(5-3-14)21-29-20(33-30-21)13-31-10-8-16(9-11-31)22(32)28-17-6-7-19(24)18(12-17)23(25,26)27/h2-7,12,16H,8-11,13H2,1H3,(H,28,32). The Kier molecular flexibility index (Phi) is 6.71. The van der Waals surface area contributed by atoms with Crippen molar-refractivity contribution < 1.29 is 22.5 Å². The van der Waals surface area contributed by atoms with E-state index in [0.29, 0.717) is 44.2 Å². The summed E-state index contributed by atoms with van der Waals surface area (Å²) >= 11 is 5.64. The Hall–Kier alpha value is -2.91. The van der Waals surface area contributed by atoms with E-state index < -0.39 is 16.8 Å². The SMILES string of the molecule is Cc1ccc(-c2noc(CN3CCC(C(=O)Nc4ccc(Cl)c(C(F)(F)F)c4)CC3)n2)cc1. The van der Waals surface area contributed by atoms with E-state index in [1.165, 1.54) is 6.07 Å². The lowest BCUT2D eigenvalue weighted by molar-refractivity contribution is -0.137. The van der Waals surface area contributed by atoms with Crippen molar-refractivity contribution >= 4 is 23.2 Å². The zero-order chi connectivity index (χ0) is 23.6. The molecule has 0 spiro atoms. The van der Waals surface area contributed by atoms with Crippen molar-refractivity contribution in [3.8, 4) is 11.4 Å². The number of aryl methyl sites for hydroxylation is 1. The summed E-state index contributed by atoms with van der Waals surface area (Å²) in [7, 11) is 0. The predicted molar refractivity (Wildman–Crippen MR) is 118 cm³/mol. The van der Waals surface area contributed by atoms with Gasteiger partial charge in [0.2, 0.25) is 17.6 Å². The molecule has 1 N–H and O–H groups in total. The second-order valence-electron chi connectivity index (χ2n) is 8.11. The highest BCUT2D eigenvalue weighted by molar-refractivity contribution is 6.31. The lowest BCUT2D eigenvalue weighted by atomic mass is 9.95. The number of anilines is 1. The topological polar surface area (TPSA) is 71.3 Å². The number of nitrogens with zero attached hydrogens (tertiary/aromatic N) is 3. The number of rotatable bonds is 5. The Labute approximate surface area is 193 Å². The van der Waals surface area contributed by atoms with Gasteiger partial charge in [0.25, 0.3) is 0 Å². The van der Waals surface area contributed by atoms with Crippen molar-refractivity contribution in [1.82, 2.24) is 15.0 Å². The molecule has 1 fully saturated rings. The molecule has 33 heavy (non-hydrogen) atoms. The van der Waals surface area contributed by atoms with Gasteiger partial charge in [-0.3, -0.25) is 9.69 Å². The molecule has 0 unspecified atom stereocenters. The third kappa shape index (κ3) is 5.72. The van der Waals surface area contributed by atoms with Crippen LogP contribution in [-0.2, 0) is 17.5 Å². The third-order valence-corrected chi connectivity index (χ3v) is 5.96. The monoisotopic (exact) mass is 478 g/mol. The van der Waals surface area contributed by atoms with Gasteiger partial charge in [-0.15, -0.1) is 0 Å². The summed E-state index contributed by atoms with van der Waals surface area (Å²) in [6, 6.07) is 11.2. The number of nitrogens with one attached hydrogen (secondary N) is 1. The molecule has 0 radical (unpaired) electrons. The maximum atomic E-state index is 13.0. The second-order valence-corrected chi connectivity index (χ2v) is 8.52. The first-order valence-corrected chi connectivity index (χ1v) is 10.9. The van der Waals surface area contributed by atoms with Crippen LogP contribution in [0.1, 0.15) is 29.9 Å². The zero-order valence-corrected chi connectivity index (χ0v) is 18.6. The molecular formula is C23H22ClF3N4O2. The molecule has 4 rings (SSSR count). The van der Waals surface area contributed by atoms with Crippen LogP contribution in [0.5, 0.6) is 0 Å². The highest BCUT2D eigenvalue weighted by Gasteiger charge is 2.34. The Balaban J connectivity index is 1.30. The van der Waals surface area contributed by atoms with Gasteiger partial charge in [-0.2, -0.15) is 18.2 Å². The average molecular weight is 479 g/mol. The summed E-state index contributed by atoms with van der Waals surface area (Å²) in [5.41, 5.74) is 1.13. The number of carbonyl (C=O) groups excluding carboxylic acids is 1.